The van der Waals surface area contributed by atoms with Crippen LogP contribution in [0.1, 0.15) is 19.3 Å². The van der Waals surface area contributed by atoms with E-state index in [1.165, 1.54) is 4.90 Å². The van der Waals surface area contributed by atoms with E-state index in [1.807, 2.05) is 7.05 Å². The number of ether oxygens (including phenoxy) is 1. The number of piperidine rings is 1. The number of carbonyl (C=O) groups is 2. The van der Waals surface area contributed by atoms with Crippen LogP contribution in [0.5, 0.6) is 0 Å². The van der Waals surface area contributed by atoms with E-state index >= 15 is 0 Å². The molecule has 0 spiro atoms. The van der Waals surface area contributed by atoms with E-state index in [4.69, 9.17) is 4.74 Å². The molecule has 0 bridgehead atoms. The van der Waals surface area contributed by atoms with Crippen molar-refractivity contribution in [3.63, 3.8) is 0 Å². The van der Waals surface area contributed by atoms with E-state index in [9.17, 15) is 14.7 Å². The van der Waals surface area contributed by atoms with Crippen molar-refractivity contribution in [2.75, 3.05) is 40.8 Å². The van der Waals surface area contributed by atoms with Gasteiger partial charge in [0.1, 0.15) is 6.04 Å². The van der Waals surface area contributed by atoms with E-state index in [1.54, 1.807) is 19.1 Å². The smallest absolute Gasteiger partial charge is 0.326 e. The summed E-state index contributed by atoms with van der Waals surface area (Å²) in [7, 11) is 5.36. The highest BCUT2D eigenvalue weighted by molar-refractivity contribution is 5.83. The summed E-state index contributed by atoms with van der Waals surface area (Å²) in [6.45, 7) is 2.23. The number of urea groups is 1. The number of carbonyl (C=O) groups excluding carboxylic acids is 1. The van der Waals surface area contributed by atoms with Crippen LogP contribution in [0.3, 0.4) is 0 Å². The predicted molar refractivity (Wildman–Crippen MR) is 77.2 cm³/mol. The molecule has 7 heteroatoms. The molecule has 1 N–H and O–H groups in total. The highest BCUT2D eigenvalue weighted by atomic mass is 16.5. The average molecular weight is 299 g/mol. The van der Waals surface area contributed by atoms with Gasteiger partial charge in [-0.3, -0.25) is 0 Å². The number of hydrogen-bond donors (Lipinski definition) is 1. The Morgan fingerprint density at radius 3 is 2.62 bits per heavy atom. The van der Waals surface area contributed by atoms with E-state index < -0.39 is 12.0 Å². The maximum atomic E-state index is 12.6. The minimum absolute atomic E-state index is 0.146. The van der Waals surface area contributed by atoms with Gasteiger partial charge in [0, 0.05) is 39.7 Å². The molecule has 2 amide bonds. The first-order chi connectivity index (χ1) is 9.93. The molecule has 0 radical (unpaired) electrons. The molecule has 2 fully saturated rings. The van der Waals surface area contributed by atoms with Gasteiger partial charge in [-0.25, -0.2) is 9.59 Å². The quantitative estimate of drug-likeness (QED) is 0.812. The Kier molecular flexibility index (Phi) is 5.05. The summed E-state index contributed by atoms with van der Waals surface area (Å²) in [6.07, 6.45) is 2.18. The predicted octanol–water partition coefficient (Wildman–Crippen LogP) is 0.306. The molecule has 7 nitrogen and oxygen atoms in total. The number of likely N-dealkylation sites (N-methyl/N-ethyl adjacent to an activating group) is 2. The Bertz CT molecular complexity index is 404. The highest BCUT2D eigenvalue weighted by Crippen LogP contribution is 2.23. The first kappa shape index (κ1) is 16.0. The zero-order chi connectivity index (χ0) is 15.6. The molecule has 0 aromatic heterocycles. The molecule has 0 saturated carbocycles. The Labute approximate surface area is 125 Å². The average Bonchev–Trinajstić information content (AvgIpc) is 2.90. The minimum Gasteiger partial charge on any atom is -0.480 e. The minimum atomic E-state index is -0.961. The Hall–Kier alpha value is -1.34. The molecular formula is C14H25N3O4. The van der Waals surface area contributed by atoms with E-state index in [2.05, 4.69) is 4.90 Å². The van der Waals surface area contributed by atoms with Crippen LogP contribution in [0.2, 0.25) is 0 Å². The Morgan fingerprint density at radius 1 is 1.33 bits per heavy atom. The number of likely N-dealkylation sites (tertiary alicyclic amines) is 2. The van der Waals surface area contributed by atoms with Crippen molar-refractivity contribution in [3.8, 4) is 0 Å². The monoisotopic (exact) mass is 299 g/mol. The normalized spacial score (nSPS) is 30.4. The van der Waals surface area contributed by atoms with Gasteiger partial charge < -0.3 is 24.5 Å². The summed E-state index contributed by atoms with van der Waals surface area (Å²) in [6, 6.07) is -0.847. The molecule has 120 valence electrons. The highest BCUT2D eigenvalue weighted by Gasteiger charge is 2.42. The van der Waals surface area contributed by atoms with Crippen molar-refractivity contribution in [2.45, 2.75) is 37.5 Å². The summed E-state index contributed by atoms with van der Waals surface area (Å²) in [5, 5.41) is 9.30. The third kappa shape index (κ3) is 3.47. The van der Waals surface area contributed by atoms with Crippen LogP contribution >= 0.6 is 0 Å². The Morgan fingerprint density at radius 2 is 2.05 bits per heavy atom. The van der Waals surface area contributed by atoms with Crippen molar-refractivity contribution in [1.82, 2.24) is 14.7 Å². The van der Waals surface area contributed by atoms with Gasteiger partial charge in [-0.1, -0.05) is 0 Å². The number of rotatable bonds is 3. The van der Waals surface area contributed by atoms with Gasteiger partial charge in [0.2, 0.25) is 0 Å². The maximum Gasteiger partial charge on any atom is 0.326 e. The molecule has 2 heterocycles. The van der Waals surface area contributed by atoms with Gasteiger partial charge in [0.25, 0.3) is 0 Å². The molecule has 2 aliphatic heterocycles. The van der Waals surface area contributed by atoms with Gasteiger partial charge in [-0.05, 0) is 26.4 Å². The topological polar surface area (TPSA) is 73.3 Å². The summed E-state index contributed by atoms with van der Waals surface area (Å²) >= 11 is 0. The summed E-state index contributed by atoms with van der Waals surface area (Å²) < 4.78 is 5.23. The molecule has 21 heavy (non-hydrogen) atoms. The summed E-state index contributed by atoms with van der Waals surface area (Å²) in [5.74, 6) is -0.961. The number of methoxy groups -OCH3 is 1. The molecule has 0 aromatic carbocycles. The third-order valence-corrected chi connectivity index (χ3v) is 4.58. The van der Waals surface area contributed by atoms with Crippen LogP contribution in [0.25, 0.3) is 0 Å². The zero-order valence-corrected chi connectivity index (χ0v) is 13.0. The Balaban J connectivity index is 2.04. The molecule has 0 aliphatic carbocycles. The van der Waals surface area contributed by atoms with Crippen molar-refractivity contribution in [1.29, 1.82) is 0 Å². The lowest BCUT2D eigenvalue weighted by molar-refractivity contribution is -0.141. The number of carboxylic acids is 1. The van der Waals surface area contributed by atoms with E-state index in [0.29, 0.717) is 13.0 Å². The van der Waals surface area contributed by atoms with Crippen LogP contribution in [0.15, 0.2) is 0 Å². The lowest BCUT2D eigenvalue weighted by atomic mass is 10.1. The fourth-order valence-electron chi connectivity index (χ4n) is 3.23. The van der Waals surface area contributed by atoms with Gasteiger partial charge in [0.15, 0.2) is 0 Å². The van der Waals surface area contributed by atoms with Crippen LogP contribution < -0.4 is 0 Å². The summed E-state index contributed by atoms with van der Waals surface area (Å²) in [5.41, 5.74) is 0. The number of aliphatic carboxylic acids is 1. The van der Waals surface area contributed by atoms with E-state index in [0.717, 1.165) is 25.9 Å². The maximum absolute atomic E-state index is 12.6. The van der Waals surface area contributed by atoms with Gasteiger partial charge in [0.05, 0.1) is 6.10 Å². The number of hydrogen-bond acceptors (Lipinski definition) is 4. The fraction of sp³-hybridized carbons (Fsp3) is 0.857. The van der Waals surface area contributed by atoms with Crippen LogP contribution in [0, 0.1) is 0 Å². The van der Waals surface area contributed by atoms with E-state index in [-0.39, 0.29) is 18.2 Å². The standard InChI is InChI=1S/C14H25N3O4/c1-15-6-4-5-10(8-15)16(2)14(20)17-9-11(21-3)7-12(17)13(18)19/h10-12H,4-9H2,1-3H3,(H,18,19). The van der Waals surface area contributed by atoms with Crippen molar-refractivity contribution in [3.05, 3.63) is 0 Å². The molecule has 3 unspecified atom stereocenters. The lowest BCUT2D eigenvalue weighted by Crippen LogP contribution is -2.53. The molecule has 2 saturated heterocycles. The first-order valence-electron chi connectivity index (χ1n) is 7.41. The largest absolute Gasteiger partial charge is 0.480 e. The first-order valence-corrected chi connectivity index (χ1v) is 7.41. The van der Waals surface area contributed by atoms with Gasteiger partial charge in [-0.15, -0.1) is 0 Å². The van der Waals surface area contributed by atoms with Crippen LogP contribution in [-0.2, 0) is 9.53 Å². The second kappa shape index (κ2) is 6.62. The summed E-state index contributed by atoms with van der Waals surface area (Å²) in [4.78, 5) is 29.3. The third-order valence-electron chi connectivity index (χ3n) is 4.58. The fourth-order valence-corrected chi connectivity index (χ4v) is 3.23. The molecule has 2 aliphatic rings. The SMILES string of the molecule is COC1CC(C(=O)O)N(C(=O)N(C)C2CCCN(C)C2)C1. The molecule has 3 atom stereocenters. The molecular weight excluding hydrogens is 274 g/mol. The molecule has 0 aromatic rings. The van der Waals surface area contributed by atoms with Gasteiger partial charge in [-0.2, -0.15) is 0 Å². The second-order valence-electron chi connectivity index (χ2n) is 6.05. The van der Waals surface area contributed by atoms with Crippen LogP contribution in [-0.4, -0.2) is 90.8 Å². The van der Waals surface area contributed by atoms with Crippen molar-refractivity contribution < 1.29 is 19.4 Å². The zero-order valence-electron chi connectivity index (χ0n) is 13.0. The second-order valence-corrected chi connectivity index (χ2v) is 6.05. The van der Waals surface area contributed by atoms with Crippen molar-refractivity contribution >= 4 is 12.0 Å². The number of nitrogens with zero attached hydrogens (tertiary/aromatic N) is 3. The number of carboxylic acid groups (broad SMARTS) is 1. The number of amides is 2. The molecule has 2 rings (SSSR count). The van der Waals surface area contributed by atoms with Crippen LogP contribution in [0.4, 0.5) is 4.79 Å². The lowest BCUT2D eigenvalue weighted by Gasteiger charge is -2.38. The van der Waals surface area contributed by atoms with Gasteiger partial charge >= 0.3 is 12.0 Å². The van der Waals surface area contributed by atoms with Crippen molar-refractivity contribution in [2.24, 2.45) is 0 Å².